The van der Waals surface area contributed by atoms with Crippen LogP contribution in [0, 0.1) is 0 Å². The van der Waals surface area contributed by atoms with Crippen molar-refractivity contribution in [2.24, 2.45) is 0 Å². The van der Waals surface area contributed by atoms with Crippen molar-refractivity contribution in [3.8, 4) is 11.1 Å². The van der Waals surface area contributed by atoms with Crippen LogP contribution in [0.15, 0.2) is 97.1 Å². The Balaban J connectivity index is 1.59. The quantitative estimate of drug-likeness (QED) is 0.187. The zero-order valence-electron chi connectivity index (χ0n) is 14.5. The van der Waals surface area contributed by atoms with E-state index in [2.05, 4.69) is 123 Å². The highest BCUT2D eigenvalue weighted by Crippen LogP contribution is 2.43. The summed E-state index contributed by atoms with van der Waals surface area (Å²) in [5, 5.41) is 2.66. The minimum Gasteiger partial charge on any atom is -0.282 e. The van der Waals surface area contributed by atoms with Crippen molar-refractivity contribution < 1.29 is 0 Å². The molecule has 0 aliphatic rings. The fraction of sp³-hybridized carbons (Fsp3) is 0. The number of hydrogen-bond donors (Lipinski definition) is 0. The summed E-state index contributed by atoms with van der Waals surface area (Å²) in [5.41, 5.74) is 4.90. The molecule has 0 aliphatic carbocycles. The van der Waals surface area contributed by atoms with Gasteiger partial charge in [0.1, 0.15) is 0 Å². The first-order chi connectivity index (χ1) is 13.3. The Morgan fingerprint density at radius 1 is 0.593 bits per heavy atom. The third-order valence-electron chi connectivity index (χ3n) is 4.79. The number of nitrogens with zero attached hydrogens (tertiary/aromatic N) is 1. The Morgan fingerprint density at radius 3 is 2.07 bits per heavy atom. The maximum Gasteiger partial charge on any atom is 0.0646 e. The SMILES string of the molecule is IN(c1ccc(-c2ccccc2)cc1)c1cccc2sc3ccccc3c12. The zero-order chi connectivity index (χ0) is 18.2. The highest BCUT2D eigenvalue weighted by atomic mass is 127. The number of halogens is 1. The predicted molar refractivity (Wildman–Crippen MR) is 127 cm³/mol. The lowest BCUT2D eigenvalue weighted by Gasteiger charge is -2.18. The molecule has 130 valence electrons. The Labute approximate surface area is 176 Å². The molecule has 27 heavy (non-hydrogen) atoms. The maximum absolute atomic E-state index is 2.42. The third kappa shape index (κ3) is 3.01. The molecule has 5 rings (SSSR count). The molecule has 0 fully saturated rings. The van der Waals surface area contributed by atoms with Crippen molar-refractivity contribution in [2.75, 3.05) is 3.11 Å². The van der Waals surface area contributed by atoms with Gasteiger partial charge in [-0.1, -0.05) is 66.7 Å². The topological polar surface area (TPSA) is 3.24 Å². The highest BCUT2D eigenvalue weighted by molar-refractivity contribution is 14.1. The second kappa shape index (κ2) is 6.98. The van der Waals surface area contributed by atoms with Gasteiger partial charge in [0.15, 0.2) is 0 Å². The van der Waals surface area contributed by atoms with Crippen LogP contribution >= 0.6 is 34.2 Å². The monoisotopic (exact) mass is 477 g/mol. The molecule has 3 heteroatoms. The van der Waals surface area contributed by atoms with Crippen LogP contribution in [0.5, 0.6) is 0 Å². The van der Waals surface area contributed by atoms with Gasteiger partial charge in [-0.3, -0.25) is 3.11 Å². The van der Waals surface area contributed by atoms with Crippen LogP contribution in [0.25, 0.3) is 31.3 Å². The Hall–Kier alpha value is -2.37. The van der Waals surface area contributed by atoms with Gasteiger partial charge in [0.05, 0.1) is 34.2 Å². The molecule has 1 aromatic heterocycles. The summed E-state index contributed by atoms with van der Waals surface area (Å²) in [6.07, 6.45) is 0. The molecule has 0 N–H and O–H groups in total. The normalized spacial score (nSPS) is 11.1. The molecule has 0 radical (unpaired) electrons. The van der Waals surface area contributed by atoms with E-state index in [4.69, 9.17) is 0 Å². The van der Waals surface area contributed by atoms with E-state index in [0.29, 0.717) is 0 Å². The molecule has 1 nitrogen and oxygen atoms in total. The van der Waals surface area contributed by atoms with Gasteiger partial charge >= 0.3 is 0 Å². The summed E-state index contributed by atoms with van der Waals surface area (Å²) < 4.78 is 4.93. The second-order valence-corrected chi connectivity index (χ2v) is 8.49. The van der Waals surface area contributed by atoms with E-state index in [9.17, 15) is 0 Å². The standard InChI is InChI=1S/C24H16INS/c25-26(19-15-13-18(14-16-19)17-7-2-1-3-8-17)21-10-6-12-23-24(21)20-9-4-5-11-22(20)27-23/h1-16H. The van der Waals surface area contributed by atoms with E-state index in [-0.39, 0.29) is 0 Å². The summed E-state index contributed by atoms with van der Waals surface area (Å²) in [5.74, 6) is 0. The van der Waals surface area contributed by atoms with Crippen LogP contribution in [0.2, 0.25) is 0 Å². The fourth-order valence-corrected chi connectivity index (χ4v) is 5.32. The van der Waals surface area contributed by atoms with Crippen molar-refractivity contribution in [3.63, 3.8) is 0 Å². The molecular formula is C24H16INS. The lowest BCUT2D eigenvalue weighted by Crippen LogP contribution is -2.00. The summed E-state index contributed by atoms with van der Waals surface area (Å²) in [6, 6.07) is 34.5. The minimum atomic E-state index is 1.18. The number of benzene rings is 4. The van der Waals surface area contributed by atoms with Crippen LogP contribution in [0.3, 0.4) is 0 Å². The first kappa shape index (κ1) is 16.8. The molecule has 0 spiro atoms. The van der Waals surface area contributed by atoms with Gasteiger partial charge in [-0.15, -0.1) is 11.3 Å². The van der Waals surface area contributed by atoms with E-state index in [0.717, 1.165) is 0 Å². The van der Waals surface area contributed by atoms with Gasteiger partial charge < -0.3 is 0 Å². The second-order valence-electron chi connectivity index (χ2n) is 6.44. The summed E-state index contributed by atoms with van der Waals surface area (Å²) in [6.45, 7) is 0. The van der Waals surface area contributed by atoms with Crippen LogP contribution < -0.4 is 3.11 Å². The molecule has 1 heterocycles. The van der Waals surface area contributed by atoms with E-state index < -0.39 is 0 Å². The average molecular weight is 477 g/mol. The predicted octanol–water partition coefficient (Wildman–Crippen LogP) is 8.21. The van der Waals surface area contributed by atoms with Gasteiger partial charge in [-0.2, -0.15) is 0 Å². The Morgan fingerprint density at radius 2 is 1.26 bits per heavy atom. The lowest BCUT2D eigenvalue weighted by atomic mass is 10.1. The van der Waals surface area contributed by atoms with E-state index in [1.165, 1.54) is 42.7 Å². The van der Waals surface area contributed by atoms with Gasteiger partial charge in [0, 0.05) is 20.2 Å². The van der Waals surface area contributed by atoms with Crippen molar-refractivity contribution in [1.82, 2.24) is 0 Å². The molecule has 0 atom stereocenters. The minimum absolute atomic E-state index is 1.18. The summed E-state index contributed by atoms with van der Waals surface area (Å²) >= 11 is 4.27. The fourth-order valence-electron chi connectivity index (χ4n) is 3.47. The van der Waals surface area contributed by atoms with Crippen molar-refractivity contribution >= 4 is 65.7 Å². The van der Waals surface area contributed by atoms with Crippen molar-refractivity contribution in [1.29, 1.82) is 0 Å². The Kier molecular flexibility index (Phi) is 4.34. The number of hydrogen-bond acceptors (Lipinski definition) is 2. The van der Waals surface area contributed by atoms with E-state index in [1.807, 2.05) is 11.3 Å². The molecule has 0 bridgehead atoms. The molecule has 0 saturated carbocycles. The summed E-state index contributed by atoms with van der Waals surface area (Å²) in [7, 11) is 0. The molecule has 0 aliphatic heterocycles. The van der Waals surface area contributed by atoms with Crippen molar-refractivity contribution in [2.45, 2.75) is 0 Å². The largest absolute Gasteiger partial charge is 0.282 e. The smallest absolute Gasteiger partial charge is 0.0646 e. The molecule has 0 unspecified atom stereocenters. The molecule has 0 saturated heterocycles. The van der Waals surface area contributed by atoms with Crippen LogP contribution in [-0.2, 0) is 0 Å². The maximum atomic E-state index is 2.42. The first-order valence-corrected chi connectivity index (χ1v) is 10.6. The van der Waals surface area contributed by atoms with E-state index >= 15 is 0 Å². The van der Waals surface area contributed by atoms with Crippen LogP contribution in [0.4, 0.5) is 11.4 Å². The number of anilines is 2. The van der Waals surface area contributed by atoms with Crippen LogP contribution in [-0.4, -0.2) is 0 Å². The zero-order valence-corrected chi connectivity index (χ0v) is 17.4. The van der Waals surface area contributed by atoms with Gasteiger partial charge in [-0.25, -0.2) is 0 Å². The average Bonchev–Trinajstić information content (AvgIpc) is 3.13. The lowest BCUT2D eigenvalue weighted by molar-refractivity contribution is 1.50. The van der Waals surface area contributed by atoms with E-state index in [1.54, 1.807) is 0 Å². The van der Waals surface area contributed by atoms with Gasteiger partial charge in [0.25, 0.3) is 0 Å². The molecule has 0 amide bonds. The van der Waals surface area contributed by atoms with Gasteiger partial charge in [-0.05, 0) is 41.5 Å². The van der Waals surface area contributed by atoms with Crippen LogP contribution in [0.1, 0.15) is 0 Å². The molecular weight excluding hydrogens is 461 g/mol. The number of rotatable bonds is 3. The summed E-state index contributed by atoms with van der Waals surface area (Å²) in [4.78, 5) is 0. The Bertz CT molecular complexity index is 1230. The highest BCUT2D eigenvalue weighted by Gasteiger charge is 2.14. The third-order valence-corrected chi connectivity index (χ3v) is 7.01. The number of fused-ring (bicyclic) bond motifs is 3. The van der Waals surface area contributed by atoms with Crippen molar-refractivity contribution in [3.05, 3.63) is 97.1 Å². The molecule has 4 aromatic carbocycles. The van der Waals surface area contributed by atoms with Gasteiger partial charge in [0.2, 0.25) is 0 Å². The number of thiophene rings is 1. The molecule has 5 aromatic rings. The first-order valence-electron chi connectivity index (χ1n) is 8.83.